The summed E-state index contributed by atoms with van der Waals surface area (Å²) < 4.78 is 19.2. The van der Waals surface area contributed by atoms with Crippen LogP contribution in [0.5, 0.6) is 11.5 Å². The summed E-state index contributed by atoms with van der Waals surface area (Å²) in [4.78, 5) is 4.31. The Kier molecular flexibility index (Phi) is 4.91. The predicted octanol–water partition coefficient (Wildman–Crippen LogP) is 4.13. The van der Waals surface area contributed by atoms with Crippen molar-refractivity contribution >= 4 is 0 Å². The number of aryl methyl sites for hydroxylation is 2. The number of nitrogens with one attached hydrogen (secondary N) is 1. The van der Waals surface area contributed by atoms with Gasteiger partial charge in [-0.15, -0.1) is 0 Å². The number of hydrogen-bond acceptors (Lipinski definition) is 3. The van der Waals surface area contributed by atoms with Gasteiger partial charge in [0.15, 0.2) is 0 Å². The maximum Gasteiger partial charge on any atom is 0.135 e. The predicted molar refractivity (Wildman–Crippen MR) is 82.2 cm³/mol. The molecule has 3 nitrogen and oxygen atoms in total. The van der Waals surface area contributed by atoms with Crippen molar-refractivity contribution in [1.29, 1.82) is 0 Å². The summed E-state index contributed by atoms with van der Waals surface area (Å²) in [6.45, 7) is 8.50. The van der Waals surface area contributed by atoms with Crippen LogP contribution in [-0.2, 0) is 6.54 Å². The molecule has 1 aromatic carbocycles. The van der Waals surface area contributed by atoms with Crippen molar-refractivity contribution in [1.82, 2.24) is 10.3 Å². The molecule has 0 spiro atoms. The highest BCUT2D eigenvalue weighted by Gasteiger charge is 2.08. The molecule has 0 aliphatic rings. The standard InChI is InChI=1S/C17H21FN2O/c1-11(2)19-9-14-10-20-13(4)8-17(14)21-15-5-6-16(18)12(3)7-15/h5-8,10-11,19H,9H2,1-4H3. The van der Waals surface area contributed by atoms with E-state index in [2.05, 4.69) is 24.1 Å². The highest BCUT2D eigenvalue weighted by molar-refractivity contribution is 5.39. The average Bonchev–Trinajstić information content (AvgIpc) is 2.42. The Balaban J connectivity index is 2.24. The molecule has 2 rings (SSSR count). The first-order valence-electron chi connectivity index (χ1n) is 7.08. The van der Waals surface area contributed by atoms with Gasteiger partial charge in [0.25, 0.3) is 0 Å². The van der Waals surface area contributed by atoms with Gasteiger partial charge in [0, 0.05) is 36.1 Å². The average molecular weight is 288 g/mol. The summed E-state index contributed by atoms with van der Waals surface area (Å²) in [6.07, 6.45) is 1.82. The van der Waals surface area contributed by atoms with Crippen LogP contribution in [0, 0.1) is 19.7 Å². The lowest BCUT2D eigenvalue weighted by Crippen LogP contribution is -2.22. The Morgan fingerprint density at radius 3 is 2.67 bits per heavy atom. The number of benzene rings is 1. The third-order valence-corrected chi connectivity index (χ3v) is 3.14. The summed E-state index contributed by atoms with van der Waals surface area (Å²) in [6, 6.07) is 7.04. The SMILES string of the molecule is Cc1cc(Oc2ccc(F)c(C)c2)c(CNC(C)C)cn1. The molecule has 1 N–H and O–H groups in total. The van der Waals surface area contributed by atoms with E-state index in [1.807, 2.05) is 19.2 Å². The van der Waals surface area contributed by atoms with E-state index in [-0.39, 0.29) is 5.82 Å². The Labute approximate surface area is 125 Å². The monoisotopic (exact) mass is 288 g/mol. The number of ether oxygens (including phenoxy) is 1. The first kappa shape index (κ1) is 15.4. The van der Waals surface area contributed by atoms with Crippen molar-refractivity contribution < 1.29 is 9.13 Å². The van der Waals surface area contributed by atoms with E-state index in [1.54, 1.807) is 19.1 Å². The topological polar surface area (TPSA) is 34.1 Å². The molecule has 2 aromatic rings. The lowest BCUT2D eigenvalue weighted by molar-refractivity contribution is 0.465. The number of aromatic nitrogens is 1. The van der Waals surface area contributed by atoms with Gasteiger partial charge < -0.3 is 10.1 Å². The molecule has 0 aliphatic carbocycles. The smallest absolute Gasteiger partial charge is 0.135 e. The highest BCUT2D eigenvalue weighted by Crippen LogP contribution is 2.27. The van der Waals surface area contributed by atoms with Crippen LogP contribution >= 0.6 is 0 Å². The fourth-order valence-corrected chi connectivity index (χ4v) is 1.91. The van der Waals surface area contributed by atoms with Gasteiger partial charge in [-0.05, 0) is 37.6 Å². The number of rotatable bonds is 5. The molecule has 0 radical (unpaired) electrons. The van der Waals surface area contributed by atoms with Crippen LogP contribution in [0.15, 0.2) is 30.5 Å². The first-order valence-corrected chi connectivity index (χ1v) is 7.08. The van der Waals surface area contributed by atoms with Gasteiger partial charge >= 0.3 is 0 Å². The van der Waals surface area contributed by atoms with Crippen LogP contribution in [-0.4, -0.2) is 11.0 Å². The highest BCUT2D eigenvalue weighted by atomic mass is 19.1. The van der Waals surface area contributed by atoms with E-state index in [4.69, 9.17) is 4.74 Å². The zero-order valence-corrected chi connectivity index (χ0v) is 12.9. The van der Waals surface area contributed by atoms with Crippen LogP contribution < -0.4 is 10.1 Å². The third-order valence-electron chi connectivity index (χ3n) is 3.14. The molecule has 1 aromatic heterocycles. The van der Waals surface area contributed by atoms with Gasteiger partial charge in [0.05, 0.1) is 0 Å². The normalized spacial score (nSPS) is 11.0. The number of pyridine rings is 1. The molecule has 0 saturated carbocycles. The van der Waals surface area contributed by atoms with E-state index in [1.165, 1.54) is 6.07 Å². The molecule has 0 amide bonds. The molecular formula is C17H21FN2O. The molecule has 0 atom stereocenters. The van der Waals surface area contributed by atoms with E-state index in [0.717, 1.165) is 17.0 Å². The minimum Gasteiger partial charge on any atom is -0.457 e. The maximum atomic E-state index is 13.3. The molecule has 112 valence electrons. The Morgan fingerprint density at radius 2 is 2.00 bits per heavy atom. The molecule has 0 fully saturated rings. The molecule has 0 saturated heterocycles. The van der Waals surface area contributed by atoms with E-state index >= 15 is 0 Å². The van der Waals surface area contributed by atoms with Crippen molar-refractivity contribution in [2.75, 3.05) is 0 Å². The molecule has 4 heteroatoms. The second kappa shape index (κ2) is 6.68. The zero-order valence-electron chi connectivity index (χ0n) is 12.9. The summed E-state index contributed by atoms with van der Waals surface area (Å²) >= 11 is 0. The fraction of sp³-hybridized carbons (Fsp3) is 0.353. The molecule has 0 aliphatic heterocycles. The van der Waals surface area contributed by atoms with Crippen LogP contribution in [0.25, 0.3) is 0 Å². The summed E-state index contributed by atoms with van der Waals surface area (Å²) in [7, 11) is 0. The Morgan fingerprint density at radius 1 is 1.24 bits per heavy atom. The zero-order chi connectivity index (χ0) is 15.4. The number of nitrogens with zero attached hydrogens (tertiary/aromatic N) is 1. The Bertz CT molecular complexity index is 626. The lowest BCUT2D eigenvalue weighted by Gasteiger charge is -2.14. The quantitative estimate of drug-likeness (QED) is 0.898. The van der Waals surface area contributed by atoms with Gasteiger partial charge in [-0.2, -0.15) is 0 Å². The summed E-state index contributed by atoms with van der Waals surface area (Å²) in [5.74, 6) is 1.15. The van der Waals surface area contributed by atoms with Crippen molar-refractivity contribution in [2.24, 2.45) is 0 Å². The second-order valence-electron chi connectivity index (χ2n) is 5.48. The minimum absolute atomic E-state index is 0.227. The van der Waals surface area contributed by atoms with Crippen LogP contribution in [0.1, 0.15) is 30.7 Å². The summed E-state index contributed by atoms with van der Waals surface area (Å²) in [5.41, 5.74) is 2.44. The van der Waals surface area contributed by atoms with Gasteiger partial charge in [0.1, 0.15) is 17.3 Å². The largest absolute Gasteiger partial charge is 0.457 e. The molecule has 21 heavy (non-hydrogen) atoms. The van der Waals surface area contributed by atoms with Crippen LogP contribution in [0.3, 0.4) is 0 Å². The maximum absolute atomic E-state index is 13.3. The van der Waals surface area contributed by atoms with Crippen LogP contribution in [0.4, 0.5) is 4.39 Å². The van der Waals surface area contributed by atoms with Crippen molar-refractivity contribution in [3.8, 4) is 11.5 Å². The van der Waals surface area contributed by atoms with E-state index in [9.17, 15) is 4.39 Å². The number of hydrogen-bond donors (Lipinski definition) is 1. The van der Waals surface area contributed by atoms with Gasteiger partial charge in [0.2, 0.25) is 0 Å². The fourth-order valence-electron chi connectivity index (χ4n) is 1.91. The minimum atomic E-state index is -0.227. The van der Waals surface area contributed by atoms with Crippen molar-refractivity contribution in [3.05, 3.63) is 53.1 Å². The van der Waals surface area contributed by atoms with E-state index in [0.29, 0.717) is 23.9 Å². The first-order chi connectivity index (χ1) is 9.95. The summed E-state index contributed by atoms with van der Waals surface area (Å²) in [5, 5.41) is 3.35. The molecular weight excluding hydrogens is 267 g/mol. The van der Waals surface area contributed by atoms with Crippen molar-refractivity contribution in [3.63, 3.8) is 0 Å². The number of halogens is 1. The van der Waals surface area contributed by atoms with E-state index < -0.39 is 0 Å². The third kappa shape index (κ3) is 4.26. The van der Waals surface area contributed by atoms with Gasteiger partial charge in [-0.3, -0.25) is 4.98 Å². The molecule has 0 unspecified atom stereocenters. The van der Waals surface area contributed by atoms with Crippen LogP contribution in [0.2, 0.25) is 0 Å². The lowest BCUT2D eigenvalue weighted by atomic mass is 10.2. The molecule has 0 bridgehead atoms. The van der Waals surface area contributed by atoms with Gasteiger partial charge in [-0.1, -0.05) is 13.8 Å². The van der Waals surface area contributed by atoms with Crippen molar-refractivity contribution in [2.45, 2.75) is 40.3 Å². The van der Waals surface area contributed by atoms with Gasteiger partial charge in [-0.25, -0.2) is 4.39 Å². The Hall–Kier alpha value is -1.94. The molecule has 1 heterocycles. The second-order valence-corrected chi connectivity index (χ2v) is 5.48.